The molecule has 2 rings (SSSR count). The number of carboxylic acids is 1. The average molecular weight is 316 g/mol. The van der Waals surface area contributed by atoms with E-state index in [0.29, 0.717) is 12.8 Å². The van der Waals surface area contributed by atoms with Crippen LogP contribution in [-0.2, 0) is 14.8 Å². The van der Waals surface area contributed by atoms with E-state index in [4.69, 9.17) is 9.52 Å². The second-order valence-electron chi connectivity index (χ2n) is 4.88. The van der Waals surface area contributed by atoms with Crippen molar-refractivity contribution in [1.29, 1.82) is 0 Å². The zero-order chi connectivity index (χ0) is 15.8. The van der Waals surface area contributed by atoms with Crippen molar-refractivity contribution in [1.82, 2.24) is 10.0 Å². The molecule has 1 aromatic heterocycles. The second kappa shape index (κ2) is 5.49. The number of sulfonamides is 1. The Morgan fingerprint density at radius 1 is 1.43 bits per heavy atom. The van der Waals surface area contributed by atoms with Crippen LogP contribution >= 0.6 is 0 Å². The average Bonchev–Trinajstić information content (AvgIpc) is 2.90. The summed E-state index contributed by atoms with van der Waals surface area (Å²) >= 11 is 0. The van der Waals surface area contributed by atoms with Gasteiger partial charge < -0.3 is 14.8 Å². The van der Waals surface area contributed by atoms with E-state index in [0.717, 1.165) is 0 Å². The Kier molecular flexibility index (Phi) is 4.06. The summed E-state index contributed by atoms with van der Waals surface area (Å²) in [5.41, 5.74) is -0.365. The highest BCUT2D eigenvalue weighted by Crippen LogP contribution is 2.26. The van der Waals surface area contributed by atoms with Crippen LogP contribution in [0.1, 0.15) is 34.7 Å². The summed E-state index contributed by atoms with van der Waals surface area (Å²) in [5.74, 6) is -1.43. The predicted octanol–water partition coefficient (Wildman–Crippen LogP) is 0.152. The van der Waals surface area contributed by atoms with Crippen molar-refractivity contribution in [3.8, 4) is 0 Å². The van der Waals surface area contributed by atoms with Crippen molar-refractivity contribution < 1.29 is 27.5 Å². The van der Waals surface area contributed by atoms with Crippen molar-refractivity contribution in [3.63, 3.8) is 0 Å². The number of nitrogens with one attached hydrogen (secondary N) is 2. The smallest absolute Gasteiger partial charge is 0.340 e. The Balaban J connectivity index is 2.24. The molecule has 1 amide bonds. The second-order valence-corrected chi connectivity index (χ2v) is 6.58. The fraction of sp³-hybridized carbons (Fsp3) is 0.500. The summed E-state index contributed by atoms with van der Waals surface area (Å²) in [6.45, 7) is 2.80. The Bertz CT molecular complexity index is 691. The first kappa shape index (κ1) is 15.5. The lowest BCUT2D eigenvalue weighted by molar-refractivity contribution is -0.119. The number of hydrogen-bond donors (Lipinski definition) is 3. The van der Waals surface area contributed by atoms with E-state index < -0.39 is 16.0 Å². The van der Waals surface area contributed by atoms with Gasteiger partial charge in [-0.2, -0.15) is 0 Å². The largest absolute Gasteiger partial charge is 0.478 e. The third-order valence-electron chi connectivity index (χ3n) is 3.29. The van der Waals surface area contributed by atoms with Gasteiger partial charge in [0.25, 0.3) is 0 Å². The molecule has 0 bridgehead atoms. The summed E-state index contributed by atoms with van der Waals surface area (Å²) in [5, 5.41) is 11.8. The van der Waals surface area contributed by atoms with E-state index in [1.54, 1.807) is 0 Å². The molecular weight excluding hydrogens is 300 g/mol. The quantitative estimate of drug-likeness (QED) is 0.710. The van der Waals surface area contributed by atoms with Crippen LogP contribution in [0.4, 0.5) is 0 Å². The van der Waals surface area contributed by atoms with Crippen LogP contribution in [-0.4, -0.2) is 38.0 Å². The van der Waals surface area contributed by atoms with E-state index in [-0.39, 0.29) is 40.5 Å². The monoisotopic (exact) mass is 316 g/mol. The maximum absolute atomic E-state index is 12.3. The van der Waals surface area contributed by atoms with Crippen LogP contribution in [0.15, 0.2) is 9.31 Å². The summed E-state index contributed by atoms with van der Waals surface area (Å²) < 4.78 is 32.0. The van der Waals surface area contributed by atoms with Crippen LogP contribution < -0.4 is 10.0 Å². The lowest BCUT2D eigenvalue weighted by atomic mass is 10.2. The molecule has 1 aromatic rings. The fourth-order valence-electron chi connectivity index (χ4n) is 2.35. The molecule has 1 fully saturated rings. The topological polar surface area (TPSA) is 126 Å². The Hall–Kier alpha value is -1.87. The van der Waals surface area contributed by atoms with Gasteiger partial charge in [0, 0.05) is 19.0 Å². The first-order valence-corrected chi connectivity index (χ1v) is 7.83. The molecule has 0 saturated carbocycles. The highest BCUT2D eigenvalue weighted by molar-refractivity contribution is 7.89. The van der Waals surface area contributed by atoms with Gasteiger partial charge in [-0.3, -0.25) is 4.79 Å². The molecule has 9 heteroatoms. The van der Waals surface area contributed by atoms with Gasteiger partial charge in [0.1, 0.15) is 22.0 Å². The van der Waals surface area contributed by atoms with Crippen molar-refractivity contribution in [3.05, 3.63) is 17.1 Å². The molecule has 1 aliphatic rings. The number of furan rings is 1. The van der Waals surface area contributed by atoms with Gasteiger partial charge in [-0.1, -0.05) is 0 Å². The molecule has 1 saturated heterocycles. The molecule has 2 heterocycles. The molecule has 0 aromatic carbocycles. The molecule has 1 unspecified atom stereocenters. The van der Waals surface area contributed by atoms with Gasteiger partial charge in [-0.25, -0.2) is 17.9 Å². The van der Waals surface area contributed by atoms with E-state index >= 15 is 0 Å². The minimum Gasteiger partial charge on any atom is -0.478 e. The standard InChI is InChI=1S/C12H16N2O6S/c1-6-10(12(16)17)11(7(2)20-6)21(18,19)13-5-8-3-4-9(15)14-8/h8,13H,3-5H2,1-2H3,(H,14,15)(H,16,17). The number of aryl methyl sites for hydroxylation is 2. The number of rotatable bonds is 5. The molecule has 3 N–H and O–H groups in total. The molecule has 0 spiro atoms. The van der Waals surface area contributed by atoms with E-state index in [2.05, 4.69) is 10.0 Å². The maximum Gasteiger partial charge on any atom is 0.340 e. The first-order valence-electron chi connectivity index (χ1n) is 6.34. The Morgan fingerprint density at radius 3 is 2.62 bits per heavy atom. The van der Waals surface area contributed by atoms with E-state index in [1.165, 1.54) is 13.8 Å². The lowest BCUT2D eigenvalue weighted by Crippen LogP contribution is -2.38. The number of amides is 1. The van der Waals surface area contributed by atoms with Crippen molar-refractivity contribution in [2.24, 2.45) is 0 Å². The molecule has 116 valence electrons. The van der Waals surface area contributed by atoms with Crippen LogP contribution in [0.2, 0.25) is 0 Å². The van der Waals surface area contributed by atoms with Crippen LogP contribution in [0.5, 0.6) is 0 Å². The molecular formula is C12H16N2O6S. The summed E-state index contributed by atoms with van der Waals surface area (Å²) in [4.78, 5) is 21.9. The van der Waals surface area contributed by atoms with Gasteiger partial charge in [0.05, 0.1) is 0 Å². The molecule has 8 nitrogen and oxygen atoms in total. The number of carbonyl (C=O) groups excluding carboxylic acids is 1. The molecule has 0 radical (unpaired) electrons. The first-order chi connectivity index (χ1) is 9.72. The number of hydrogen-bond acceptors (Lipinski definition) is 5. The third-order valence-corrected chi connectivity index (χ3v) is 4.87. The zero-order valence-corrected chi connectivity index (χ0v) is 12.4. The Labute approximate surface area is 121 Å². The zero-order valence-electron chi connectivity index (χ0n) is 11.6. The number of aromatic carboxylic acids is 1. The highest BCUT2D eigenvalue weighted by Gasteiger charge is 2.31. The minimum atomic E-state index is -4.03. The highest BCUT2D eigenvalue weighted by atomic mass is 32.2. The summed E-state index contributed by atoms with van der Waals surface area (Å²) in [6, 6.07) is -0.283. The van der Waals surface area contributed by atoms with Gasteiger partial charge in [-0.05, 0) is 20.3 Å². The van der Waals surface area contributed by atoms with Crippen molar-refractivity contribution >= 4 is 21.9 Å². The minimum absolute atomic E-state index is 0.0107. The molecule has 21 heavy (non-hydrogen) atoms. The van der Waals surface area contributed by atoms with Crippen molar-refractivity contribution in [2.45, 2.75) is 37.6 Å². The van der Waals surface area contributed by atoms with E-state index in [9.17, 15) is 18.0 Å². The summed E-state index contributed by atoms with van der Waals surface area (Å²) in [7, 11) is -4.03. The molecule has 0 aliphatic carbocycles. The SMILES string of the molecule is Cc1oc(C)c(S(=O)(=O)NCC2CCC(=O)N2)c1C(=O)O. The van der Waals surface area contributed by atoms with Gasteiger partial charge in [0.2, 0.25) is 15.9 Å². The van der Waals surface area contributed by atoms with Gasteiger partial charge in [-0.15, -0.1) is 0 Å². The van der Waals surface area contributed by atoms with Gasteiger partial charge >= 0.3 is 5.97 Å². The third kappa shape index (κ3) is 3.08. The van der Waals surface area contributed by atoms with Gasteiger partial charge in [0.15, 0.2) is 0 Å². The Morgan fingerprint density at radius 2 is 2.10 bits per heavy atom. The van der Waals surface area contributed by atoms with Crippen molar-refractivity contribution in [2.75, 3.05) is 6.54 Å². The van der Waals surface area contributed by atoms with Crippen LogP contribution in [0, 0.1) is 13.8 Å². The van der Waals surface area contributed by atoms with E-state index in [1.807, 2.05) is 0 Å². The number of carbonyl (C=O) groups is 2. The number of carboxylic acid groups (broad SMARTS) is 1. The molecule has 1 aliphatic heterocycles. The van der Waals surface area contributed by atoms with Crippen LogP contribution in [0.25, 0.3) is 0 Å². The lowest BCUT2D eigenvalue weighted by Gasteiger charge is -2.12. The normalized spacial score (nSPS) is 18.8. The summed E-state index contributed by atoms with van der Waals surface area (Å²) in [6.07, 6.45) is 0.896. The van der Waals surface area contributed by atoms with Crippen LogP contribution in [0.3, 0.4) is 0 Å². The fourth-order valence-corrected chi connectivity index (χ4v) is 3.83. The maximum atomic E-state index is 12.3. The molecule has 1 atom stereocenters. The predicted molar refractivity (Wildman–Crippen MR) is 71.5 cm³/mol.